The molecule has 136 valence electrons. The van der Waals surface area contributed by atoms with Crippen LogP contribution in [-0.4, -0.2) is 36.1 Å². The van der Waals surface area contributed by atoms with Crippen molar-refractivity contribution < 1.29 is 9.53 Å². The highest BCUT2D eigenvalue weighted by molar-refractivity contribution is 7.07. The molecule has 2 heterocycles. The van der Waals surface area contributed by atoms with Gasteiger partial charge in [0.1, 0.15) is 4.53 Å². The van der Waals surface area contributed by atoms with Crippen molar-refractivity contribution in [2.45, 2.75) is 19.9 Å². The first-order chi connectivity index (χ1) is 12.4. The second-order valence-electron chi connectivity index (χ2n) is 6.16. The predicted molar refractivity (Wildman–Crippen MR) is 101 cm³/mol. The summed E-state index contributed by atoms with van der Waals surface area (Å²) in [6.07, 6.45) is 1.77. The van der Waals surface area contributed by atoms with Gasteiger partial charge in [-0.3, -0.25) is 9.36 Å². The number of hydrogen-bond donors (Lipinski definition) is 0. The van der Waals surface area contributed by atoms with Gasteiger partial charge in [0, 0.05) is 20.3 Å². The van der Waals surface area contributed by atoms with Crippen LogP contribution in [0.3, 0.4) is 0 Å². The third-order valence-electron chi connectivity index (χ3n) is 4.01. The zero-order valence-electron chi connectivity index (χ0n) is 15.2. The van der Waals surface area contributed by atoms with Gasteiger partial charge in [-0.1, -0.05) is 41.7 Å². The highest BCUT2D eigenvalue weighted by atomic mass is 32.1. The van der Waals surface area contributed by atoms with Crippen molar-refractivity contribution in [3.63, 3.8) is 0 Å². The zero-order valence-corrected chi connectivity index (χ0v) is 16.0. The van der Waals surface area contributed by atoms with Crippen molar-refractivity contribution in [2.75, 3.05) is 20.7 Å². The maximum atomic E-state index is 13.0. The Morgan fingerprint density at radius 1 is 1.35 bits per heavy atom. The van der Waals surface area contributed by atoms with Crippen LogP contribution in [0.4, 0.5) is 0 Å². The topological polar surface area (TPSA) is 63.9 Å². The maximum absolute atomic E-state index is 13.0. The lowest BCUT2D eigenvalue weighted by Gasteiger charge is -2.24. The number of fused-ring (bicyclic) bond motifs is 1. The molecule has 1 atom stereocenters. The molecule has 1 aliphatic rings. The van der Waals surface area contributed by atoms with Crippen molar-refractivity contribution in [1.82, 2.24) is 9.47 Å². The first-order valence-corrected chi connectivity index (χ1v) is 9.16. The van der Waals surface area contributed by atoms with Crippen LogP contribution in [0.15, 0.2) is 51.4 Å². The number of ether oxygens (including phenoxy) is 1. The quantitative estimate of drug-likeness (QED) is 0.760. The first-order valence-electron chi connectivity index (χ1n) is 8.35. The van der Waals surface area contributed by atoms with E-state index in [1.807, 2.05) is 49.3 Å². The molecule has 0 saturated carbocycles. The molecule has 1 aromatic carbocycles. The molecule has 0 radical (unpaired) electrons. The minimum absolute atomic E-state index is 0.161. The monoisotopic (exact) mass is 371 g/mol. The van der Waals surface area contributed by atoms with Crippen LogP contribution < -0.4 is 14.9 Å². The van der Waals surface area contributed by atoms with Crippen LogP contribution in [0.1, 0.15) is 25.5 Å². The van der Waals surface area contributed by atoms with Gasteiger partial charge < -0.3 is 9.64 Å². The zero-order chi connectivity index (χ0) is 18.8. The molecule has 0 fully saturated rings. The van der Waals surface area contributed by atoms with Gasteiger partial charge in [-0.2, -0.15) is 0 Å². The minimum atomic E-state index is -0.546. The summed E-state index contributed by atoms with van der Waals surface area (Å²) in [7, 11) is 3.73. The van der Waals surface area contributed by atoms with E-state index < -0.39 is 12.0 Å². The number of benzene rings is 1. The number of thiazole rings is 1. The fourth-order valence-corrected chi connectivity index (χ4v) is 4.08. The second-order valence-corrected chi connectivity index (χ2v) is 7.17. The Bertz CT molecular complexity index is 1030. The largest absolute Gasteiger partial charge is 0.463 e. The summed E-state index contributed by atoms with van der Waals surface area (Å²) >= 11 is 1.32. The van der Waals surface area contributed by atoms with E-state index in [0.717, 1.165) is 5.56 Å². The van der Waals surface area contributed by atoms with E-state index in [1.165, 1.54) is 11.3 Å². The van der Waals surface area contributed by atoms with E-state index in [9.17, 15) is 9.59 Å². The Hall–Kier alpha value is -2.67. The molecule has 6 nitrogen and oxygen atoms in total. The Labute approximate surface area is 155 Å². The SMILES string of the molecule is CCOC(=O)C1=C(C)N=c2s/c(=C\N(C)C)c(=O)n2[C@H]1c1ccccc1. The molecule has 26 heavy (non-hydrogen) atoms. The van der Waals surface area contributed by atoms with Crippen LogP contribution in [0.25, 0.3) is 6.20 Å². The lowest BCUT2D eigenvalue weighted by Crippen LogP contribution is -2.40. The normalized spacial score (nSPS) is 16.9. The maximum Gasteiger partial charge on any atom is 0.338 e. The van der Waals surface area contributed by atoms with Crippen LogP contribution >= 0.6 is 11.3 Å². The third kappa shape index (κ3) is 3.22. The molecule has 2 aromatic rings. The molecule has 0 saturated heterocycles. The van der Waals surface area contributed by atoms with Crippen LogP contribution in [-0.2, 0) is 9.53 Å². The molecular formula is C19H21N3O3S. The van der Waals surface area contributed by atoms with Crippen LogP contribution in [0, 0.1) is 0 Å². The molecule has 3 rings (SSSR count). The minimum Gasteiger partial charge on any atom is -0.463 e. The van der Waals surface area contributed by atoms with Gasteiger partial charge in [0.05, 0.1) is 23.9 Å². The molecule has 0 amide bonds. The van der Waals surface area contributed by atoms with E-state index in [-0.39, 0.29) is 12.2 Å². The molecule has 0 bridgehead atoms. The van der Waals surface area contributed by atoms with Gasteiger partial charge in [-0.15, -0.1) is 0 Å². The third-order valence-corrected chi connectivity index (χ3v) is 4.98. The summed E-state index contributed by atoms with van der Waals surface area (Å²) in [5.41, 5.74) is 1.67. The number of allylic oxidation sites excluding steroid dienone is 1. The molecule has 1 aromatic heterocycles. The molecule has 0 N–H and O–H groups in total. The number of esters is 1. The smallest absolute Gasteiger partial charge is 0.338 e. The fourth-order valence-electron chi connectivity index (χ4n) is 2.97. The number of aromatic nitrogens is 1. The average molecular weight is 371 g/mol. The van der Waals surface area contributed by atoms with Gasteiger partial charge in [-0.25, -0.2) is 9.79 Å². The molecule has 1 aliphatic heterocycles. The lowest BCUT2D eigenvalue weighted by molar-refractivity contribution is -0.139. The molecule has 0 spiro atoms. The summed E-state index contributed by atoms with van der Waals surface area (Å²) in [6.45, 7) is 3.81. The van der Waals surface area contributed by atoms with E-state index in [1.54, 1.807) is 24.6 Å². The molecule has 0 aliphatic carbocycles. The summed E-state index contributed by atoms with van der Waals surface area (Å²) in [4.78, 5) is 32.6. The summed E-state index contributed by atoms with van der Waals surface area (Å²) < 4.78 is 7.41. The van der Waals surface area contributed by atoms with Gasteiger partial charge in [0.15, 0.2) is 4.80 Å². The van der Waals surface area contributed by atoms with Gasteiger partial charge in [0.25, 0.3) is 5.56 Å². The average Bonchev–Trinajstić information content (AvgIpc) is 2.89. The highest BCUT2D eigenvalue weighted by Gasteiger charge is 2.33. The summed E-state index contributed by atoms with van der Waals surface area (Å²) in [5.74, 6) is -0.440. The number of rotatable bonds is 4. The van der Waals surface area contributed by atoms with E-state index in [2.05, 4.69) is 4.99 Å². The Morgan fingerprint density at radius 3 is 2.65 bits per heavy atom. The predicted octanol–water partition coefficient (Wildman–Crippen LogP) is 1.27. The number of carbonyl (C=O) groups is 1. The van der Waals surface area contributed by atoms with E-state index >= 15 is 0 Å². The van der Waals surface area contributed by atoms with Crippen molar-refractivity contribution in [2.24, 2.45) is 4.99 Å². The number of nitrogens with zero attached hydrogens (tertiary/aromatic N) is 3. The lowest BCUT2D eigenvalue weighted by atomic mass is 9.96. The molecule has 7 heteroatoms. The van der Waals surface area contributed by atoms with E-state index in [4.69, 9.17) is 4.74 Å². The van der Waals surface area contributed by atoms with Crippen molar-refractivity contribution in [1.29, 1.82) is 0 Å². The van der Waals surface area contributed by atoms with Crippen LogP contribution in [0.5, 0.6) is 0 Å². The Balaban J connectivity index is 2.31. The Kier molecular flexibility index (Phi) is 5.08. The van der Waals surface area contributed by atoms with Crippen molar-refractivity contribution >= 4 is 23.5 Å². The van der Waals surface area contributed by atoms with Gasteiger partial charge in [-0.05, 0) is 19.4 Å². The molecule has 0 unspecified atom stereocenters. The number of hydrogen-bond acceptors (Lipinski definition) is 6. The highest BCUT2D eigenvalue weighted by Crippen LogP contribution is 2.30. The number of carbonyl (C=O) groups excluding carboxylic acids is 1. The summed E-state index contributed by atoms with van der Waals surface area (Å²) in [6, 6.07) is 8.96. The fraction of sp³-hybridized carbons (Fsp3) is 0.316. The van der Waals surface area contributed by atoms with Crippen molar-refractivity contribution in [3.05, 3.63) is 66.9 Å². The summed E-state index contributed by atoms with van der Waals surface area (Å²) in [5, 5.41) is 0. The molecular weight excluding hydrogens is 350 g/mol. The second kappa shape index (κ2) is 7.29. The van der Waals surface area contributed by atoms with Gasteiger partial charge >= 0.3 is 5.97 Å². The standard InChI is InChI=1S/C19H21N3O3S/c1-5-25-18(24)15-12(2)20-19-22(16(15)13-9-7-6-8-10-13)17(23)14(26-19)11-21(3)4/h6-11,16H,5H2,1-4H3/b14-11-/t16-/m0/s1. The van der Waals surface area contributed by atoms with Crippen LogP contribution in [0.2, 0.25) is 0 Å². The van der Waals surface area contributed by atoms with Gasteiger partial charge in [0.2, 0.25) is 0 Å². The van der Waals surface area contributed by atoms with Crippen molar-refractivity contribution in [3.8, 4) is 0 Å². The first kappa shape index (κ1) is 18.1. The Morgan fingerprint density at radius 2 is 2.04 bits per heavy atom. The van der Waals surface area contributed by atoms with E-state index in [0.29, 0.717) is 20.6 Å².